The molecule has 1 aromatic heterocycles. The molecule has 0 aliphatic heterocycles. The molecule has 8 heteroatoms. The van der Waals surface area contributed by atoms with Gasteiger partial charge >= 0.3 is 6.18 Å². The Balaban J connectivity index is 0.00000370. The van der Waals surface area contributed by atoms with Crippen molar-refractivity contribution in [2.45, 2.75) is 83.7 Å². The highest BCUT2D eigenvalue weighted by atomic mass is 35.5. The lowest BCUT2D eigenvalue weighted by Crippen LogP contribution is -3.00. The summed E-state index contributed by atoms with van der Waals surface area (Å²) in [6, 6.07) is 11.7. The quantitative estimate of drug-likeness (QED) is 0.372. The maximum Gasteiger partial charge on any atom is 0.416 e. The van der Waals surface area contributed by atoms with Gasteiger partial charge in [-0.2, -0.15) is 13.2 Å². The number of alkyl halides is 4. The van der Waals surface area contributed by atoms with Crippen molar-refractivity contribution in [2.75, 3.05) is 6.61 Å². The highest BCUT2D eigenvalue weighted by molar-refractivity contribution is 5.75. The van der Waals surface area contributed by atoms with Crippen LogP contribution in [0.1, 0.15) is 105 Å². The van der Waals surface area contributed by atoms with E-state index in [1.165, 1.54) is 12.1 Å². The topological polar surface area (TPSA) is 42.4 Å². The smallest absolute Gasteiger partial charge is 0.416 e. The van der Waals surface area contributed by atoms with E-state index in [-0.39, 0.29) is 29.3 Å². The van der Waals surface area contributed by atoms with Gasteiger partial charge in [-0.25, -0.2) is 4.39 Å². The summed E-state index contributed by atoms with van der Waals surface area (Å²) in [6.45, 7) is 6.60. The minimum atomic E-state index is -4.50. The van der Waals surface area contributed by atoms with E-state index in [9.17, 15) is 18.3 Å². The molecule has 2 atom stereocenters. The van der Waals surface area contributed by atoms with Crippen molar-refractivity contribution in [1.29, 1.82) is 0 Å². The van der Waals surface area contributed by atoms with Crippen molar-refractivity contribution >= 4 is 0 Å². The molecule has 3 aromatic rings. The summed E-state index contributed by atoms with van der Waals surface area (Å²) in [6.07, 6.45) is -2.08. The van der Waals surface area contributed by atoms with Gasteiger partial charge in [0, 0.05) is 22.7 Å². The lowest BCUT2D eigenvalue weighted by molar-refractivity contribution is -0.137. The second kappa shape index (κ2) is 11.7. The molecule has 0 bridgehead atoms. The van der Waals surface area contributed by atoms with E-state index in [1.54, 1.807) is 0 Å². The lowest BCUT2D eigenvalue weighted by atomic mass is 9.71. The number of fused-ring (bicyclic) bond motifs is 1. The van der Waals surface area contributed by atoms with Gasteiger partial charge in [-0.05, 0) is 79.0 Å². The summed E-state index contributed by atoms with van der Waals surface area (Å²) in [7, 11) is 0. The molecule has 216 valence electrons. The van der Waals surface area contributed by atoms with E-state index in [1.807, 2.05) is 31.2 Å². The second-order valence-corrected chi connectivity index (χ2v) is 11.6. The van der Waals surface area contributed by atoms with Gasteiger partial charge in [-0.1, -0.05) is 51.0 Å². The third-order valence-corrected chi connectivity index (χ3v) is 8.09. The Morgan fingerprint density at radius 2 is 1.65 bits per heavy atom. The Morgan fingerprint density at radius 3 is 2.23 bits per heavy atom. The summed E-state index contributed by atoms with van der Waals surface area (Å²) in [5.41, 5.74) is 2.95. The molecule has 0 amide bonds. The van der Waals surface area contributed by atoms with Crippen molar-refractivity contribution in [3.8, 4) is 16.9 Å². The van der Waals surface area contributed by atoms with E-state index in [4.69, 9.17) is 9.72 Å². The predicted molar refractivity (Wildman–Crippen MR) is 144 cm³/mol. The van der Waals surface area contributed by atoms with Crippen molar-refractivity contribution < 1.29 is 39.8 Å². The third kappa shape index (κ3) is 6.01. The highest BCUT2D eigenvalue weighted by Crippen LogP contribution is 2.51. The largest absolute Gasteiger partial charge is 1.00 e. The van der Waals surface area contributed by atoms with Crippen LogP contribution < -0.4 is 17.1 Å². The minimum absolute atomic E-state index is 0. The first-order chi connectivity index (χ1) is 18.5. The fraction of sp³-hybridized carbons (Fsp3) is 0.469. The first-order valence-electron chi connectivity index (χ1n) is 13.8. The average molecular weight is 577 g/mol. The van der Waals surface area contributed by atoms with Gasteiger partial charge in [-0.15, -0.1) is 0 Å². The molecule has 0 radical (unpaired) electrons. The Hall–Kier alpha value is -2.64. The van der Waals surface area contributed by atoms with Crippen LogP contribution in [-0.4, -0.2) is 16.7 Å². The molecule has 0 spiro atoms. The summed E-state index contributed by atoms with van der Waals surface area (Å²) in [4.78, 5) is 5.07. The summed E-state index contributed by atoms with van der Waals surface area (Å²) >= 11 is 0. The summed E-state index contributed by atoms with van der Waals surface area (Å²) < 4.78 is 62.1. The molecule has 2 aromatic carbocycles. The van der Waals surface area contributed by atoms with Crippen LogP contribution in [0.4, 0.5) is 17.6 Å². The van der Waals surface area contributed by atoms with E-state index >= 15 is 4.39 Å². The molecule has 0 unspecified atom stereocenters. The van der Waals surface area contributed by atoms with Gasteiger partial charge in [-0.3, -0.25) is 4.98 Å². The van der Waals surface area contributed by atoms with Crippen molar-refractivity contribution in [2.24, 2.45) is 5.41 Å². The zero-order chi connectivity index (χ0) is 27.9. The van der Waals surface area contributed by atoms with Crippen LogP contribution in [0.15, 0.2) is 48.5 Å². The van der Waals surface area contributed by atoms with Crippen LogP contribution in [0.5, 0.6) is 5.75 Å². The maximum atomic E-state index is 16.8. The maximum absolute atomic E-state index is 16.8. The number of aromatic nitrogens is 1. The van der Waals surface area contributed by atoms with Gasteiger partial charge in [0.1, 0.15) is 5.75 Å². The van der Waals surface area contributed by atoms with Crippen LogP contribution in [-0.2, 0) is 12.6 Å². The summed E-state index contributed by atoms with van der Waals surface area (Å²) in [5, 5.41) is 11.4. The number of ether oxygens (including phenoxy) is 1. The van der Waals surface area contributed by atoms with Crippen LogP contribution in [0.25, 0.3) is 11.1 Å². The van der Waals surface area contributed by atoms with Crippen molar-refractivity contribution in [1.82, 2.24) is 4.98 Å². The predicted octanol–water partition coefficient (Wildman–Crippen LogP) is 5.89. The molecule has 1 heterocycles. The van der Waals surface area contributed by atoms with Crippen LogP contribution in [0.3, 0.4) is 0 Å². The molecule has 2 aliphatic rings. The first kappa shape index (κ1) is 30.3. The van der Waals surface area contributed by atoms with Gasteiger partial charge in [0.15, 0.2) is 6.17 Å². The van der Waals surface area contributed by atoms with E-state index in [0.717, 1.165) is 49.1 Å². The lowest BCUT2D eigenvalue weighted by Gasteiger charge is -2.37. The Kier molecular flexibility index (Phi) is 8.86. The molecule has 3 nitrogen and oxygen atoms in total. The standard InChI is InChI=1S/C32H35F4NO2.ClH/c1-4-39-23-15-11-19(12-16-23)26-27-24(17-31(2,3)18-25(27)38)37-30(21-7-5-6-8-21)28(26)29(33)20-9-13-22(14-10-20)32(34,35)36;/h9-16,21,25,29,38H,4-8,17-18H2,1-3H3;1H/p-1/t25-,29-;/m0./s1. The van der Waals surface area contributed by atoms with Gasteiger partial charge in [0.25, 0.3) is 0 Å². The number of benzene rings is 2. The molecule has 1 N–H and O–H groups in total. The fourth-order valence-electron chi connectivity index (χ4n) is 6.30. The zero-order valence-electron chi connectivity index (χ0n) is 23.0. The molecule has 5 rings (SSSR count). The molecule has 40 heavy (non-hydrogen) atoms. The fourth-order valence-corrected chi connectivity index (χ4v) is 6.30. The zero-order valence-corrected chi connectivity index (χ0v) is 23.7. The monoisotopic (exact) mass is 576 g/mol. The third-order valence-electron chi connectivity index (χ3n) is 8.09. The Bertz CT molecular complexity index is 1320. The minimum Gasteiger partial charge on any atom is -1.00 e. The van der Waals surface area contributed by atoms with E-state index < -0.39 is 24.0 Å². The first-order valence-corrected chi connectivity index (χ1v) is 13.8. The van der Waals surface area contributed by atoms with Crippen molar-refractivity contribution in [3.05, 3.63) is 82.2 Å². The van der Waals surface area contributed by atoms with Gasteiger partial charge < -0.3 is 22.3 Å². The van der Waals surface area contributed by atoms with Crippen LogP contribution >= 0.6 is 0 Å². The second-order valence-electron chi connectivity index (χ2n) is 11.6. The van der Waals surface area contributed by atoms with Crippen molar-refractivity contribution in [3.63, 3.8) is 0 Å². The number of rotatable bonds is 6. The number of aliphatic hydroxyl groups is 1. The number of pyridine rings is 1. The van der Waals surface area contributed by atoms with Crippen LogP contribution in [0.2, 0.25) is 0 Å². The molecule has 0 saturated heterocycles. The SMILES string of the molecule is CCOc1ccc(-c2c([C@@H](F)c3ccc(C(F)(F)F)cc3)c(C3CCCC3)nc3c2[C@@H](O)CC(C)(C)C3)cc1.[Cl-]. The summed E-state index contributed by atoms with van der Waals surface area (Å²) in [5.74, 6) is 0.740. The number of aliphatic hydroxyl groups excluding tert-OH is 1. The Labute approximate surface area is 239 Å². The molecule has 2 aliphatic carbocycles. The normalized spacial score (nSPS) is 19.6. The van der Waals surface area contributed by atoms with Gasteiger partial charge in [0.05, 0.1) is 24.0 Å². The van der Waals surface area contributed by atoms with E-state index in [0.29, 0.717) is 47.6 Å². The van der Waals surface area contributed by atoms with E-state index in [2.05, 4.69) is 13.8 Å². The molecule has 1 fully saturated rings. The highest BCUT2D eigenvalue weighted by Gasteiger charge is 2.39. The Morgan fingerprint density at radius 1 is 1.02 bits per heavy atom. The number of hydrogen-bond acceptors (Lipinski definition) is 3. The molecular formula is C32H35ClF4NO2-. The number of nitrogens with zero attached hydrogens (tertiary/aromatic N) is 1. The molecule has 1 saturated carbocycles. The average Bonchev–Trinajstić information content (AvgIpc) is 3.42. The number of hydrogen-bond donors (Lipinski definition) is 1. The number of halogens is 5. The van der Waals surface area contributed by atoms with Crippen LogP contribution in [0, 0.1) is 5.41 Å². The van der Waals surface area contributed by atoms with Gasteiger partial charge in [0.2, 0.25) is 0 Å². The molecular weight excluding hydrogens is 542 g/mol.